The normalized spacial score (nSPS) is 10.0. The van der Waals surface area contributed by atoms with Crippen LogP contribution in [0.4, 0.5) is 0 Å². The van der Waals surface area contributed by atoms with Gasteiger partial charge in [0, 0.05) is 0 Å². The second kappa shape index (κ2) is 8.72. The van der Waals surface area contributed by atoms with E-state index in [1.54, 1.807) is 0 Å². The summed E-state index contributed by atoms with van der Waals surface area (Å²) in [6.45, 7) is 6.80. The van der Waals surface area contributed by atoms with Crippen LogP contribution in [0.1, 0.15) is 26.7 Å². The zero-order valence-electron chi connectivity index (χ0n) is 6.33. The van der Waals surface area contributed by atoms with E-state index in [-0.39, 0.29) is 21.7 Å². The number of rotatable bonds is 6. The Balaban J connectivity index is 2.60. The monoisotopic (exact) mass is 236 g/mol. The van der Waals surface area contributed by atoms with E-state index in [0.29, 0.717) is 0 Å². The van der Waals surface area contributed by atoms with E-state index < -0.39 is 0 Å². The molecule has 0 amide bonds. The average molecular weight is 235 g/mol. The van der Waals surface area contributed by atoms with Crippen molar-refractivity contribution in [3.63, 3.8) is 0 Å². The second-order valence-electron chi connectivity index (χ2n) is 1.98. The summed E-state index contributed by atoms with van der Waals surface area (Å²) in [5, 5.41) is 0. The Bertz CT molecular complexity index is 44.3. The first kappa shape index (κ1) is 9.72. The van der Waals surface area contributed by atoms with Gasteiger partial charge in [0.05, 0.1) is 0 Å². The van der Waals surface area contributed by atoms with Crippen molar-refractivity contribution >= 4 is 21.7 Å². The van der Waals surface area contributed by atoms with Crippen LogP contribution in [0.3, 0.4) is 0 Å². The van der Waals surface area contributed by atoms with Gasteiger partial charge in [-0.05, 0) is 0 Å². The quantitative estimate of drug-likeness (QED) is 0.518. The number of hydrogen-bond acceptors (Lipinski definition) is 2. The molecule has 0 saturated heterocycles. The van der Waals surface area contributed by atoms with Gasteiger partial charge in [-0.3, -0.25) is 0 Å². The Kier molecular flexibility index (Phi) is 9.41. The Morgan fingerprint density at radius 2 is 1.44 bits per heavy atom. The molecule has 0 unspecified atom stereocenters. The van der Waals surface area contributed by atoms with Gasteiger partial charge in [-0.15, -0.1) is 0 Å². The summed E-state index contributed by atoms with van der Waals surface area (Å²) in [7, 11) is 0. The summed E-state index contributed by atoms with van der Waals surface area (Å²) < 4.78 is 6.86. The third-order valence-corrected chi connectivity index (χ3v) is 3.36. The Morgan fingerprint density at radius 3 is 1.78 bits per heavy atom. The molecule has 0 atom stereocenters. The van der Waals surface area contributed by atoms with Crippen molar-refractivity contribution in [3.05, 3.63) is 0 Å². The van der Waals surface area contributed by atoms with E-state index in [0.717, 1.165) is 0 Å². The Labute approximate surface area is 68.7 Å². The van der Waals surface area contributed by atoms with Crippen LogP contribution < -0.4 is 7.08 Å². The van der Waals surface area contributed by atoms with Crippen molar-refractivity contribution in [3.8, 4) is 0 Å². The van der Waals surface area contributed by atoms with Gasteiger partial charge in [-0.2, -0.15) is 0 Å². The van der Waals surface area contributed by atoms with Crippen LogP contribution in [0.15, 0.2) is 0 Å². The average Bonchev–Trinajstić information content (AvgIpc) is 1.89. The van der Waals surface area contributed by atoms with Crippen LogP contribution in [0.25, 0.3) is 0 Å². The maximum atomic E-state index is 3.43. The zero-order valence-corrected chi connectivity index (χ0v) is 9.18. The predicted octanol–water partition coefficient (Wildman–Crippen LogP) is 0.520. The molecule has 9 heavy (non-hydrogen) atoms. The molecule has 0 spiro atoms. The fourth-order valence-corrected chi connectivity index (χ4v) is 2.93. The first-order valence-corrected chi connectivity index (χ1v) is 6.48. The summed E-state index contributed by atoms with van der Waals surface area (Å²) in [5.41, 5.74) is 0. The molecule has 2 nitrogen and oxygen atoms in total. The summed E-state index contributed by atoms with van der Waals surface area (Å²) in [4.78, 5) is 0. The fraction of sp³-hybridized carbons (Fsp3) is 1.00. The van der Waals surface area contributed by atoms with Crippen LogP contribution in [0, 0.1) is 0 Å². The van der Waals surface area contributed by atoms with Crippen LogP contribution in [-0.4, -0.2) is 34.8 Å². The van der Waals surface area contributed by atoms with Gasteiger partial charge in [0.1, 0.15) is 0 Å². The minimum atomic E-state index is -0.351. The molecule has 0 aliphatic carbocycles. The molecule has 0 rings (SSSR count). The third kappa shape index (κ3) is 8.72. The molecule has 0 aliphatic heterocycles. The van der Waals surface area contributed by atoms with Crippen molar-refractivity contribution in [2.45, 2.75) is 26.7 Å². The zero-order chi connectivity index (χ0) is 6.95. The van der Waals surface area contributed by atoms with E-state index >= 15 is 0 Å². The molecular weight excluding hydrogens is 219 g/mol. The van der Waals surface area contributed by atoms with Gasteiger partial charge >= 0.3 is 68.5 Å². The molecule has 54 valence electrons. The molecule has 0 heterocycles. The predicted molar refractivity (Wildman–Crippen MR) is 42.3 cm³/mol. The molecule has 0 aromatic rings. The Morgan fingerprint density at radius 1 is 1.00 bits per heavy atom. The van der Waals surface area contributed by atoms with Gasteiger partial charge in [-0.25, -0.2) is 0 Å². The number of hydrogen-bond donors (Lipinski definition) is 2. The van der Waals surface area contributed by atoms with Crippen LogP contribution in [0.2, 0.25) is 0 Å². The van der Waals surface area contributed by atoms with Gasteiger partial charge in [0.15, 0.2) is 0 Å². The molecule has 0 fully saturated rings. The molecule has 0 aliphatic rings. The topological polar surface area (TPSA) is 24.1 Å². The first-order chi connectivity index (χ1) is 4.41. The Hall–Kier alpha value is 0.719. The van der Waals surface area contributed by atoms with Gasteiger partial charge in [0.2, 0.25) is 0 Å². The van der Waals surface area contributed by atoms with Gasteiger partial charge in [0.25, 0.3) is 0 Å². The van der Waals surface area contributed by atoms with E-state index in [1.165, 1.54) is 25.9 Å². The molecule has 2 radical (unpaired) electrons. The van der Waals surface area contributed by atoms with E-state index in [1.807, 2.05) is 0 Å². The number of nitrogens with one attached hydrogen (secondary N) is 2. The van der Waals surface area contributed by atoms with Gasteiger partial charge < -0.3 is 0 Å². The van der Waals surface area contributed by atoms with Crippen LogP contribution >= 0.6 is 0 Å². The molecule has 0 saturated carbocycles. The van der Waals surface area contributed by atoms with Crippen LogP contribution in [0.5, 0.6) is 0 Å². The van der Waals surface area contributed by atoms with Crippen LogP contribution in [-0.2, 0) is 0 Å². The molecule has 0 aromatic heterocycles. The standard InChI is InChI=1S/2C3H8N.Sn/c2*1-2-3-4;/h2*4H,2-3H2,1H3;/q2*-1;+2. The molecule has 2 N–H and O–H groups in total. The minimum absolute atomic E-state index is 0.351. The SMILES string of the molecule is CCC[NH][Sn][NH]CCC. The third-order valence-electron chi connectivity index (χ3n) is 0.927. The molecule has 0 bridgehead atoms. The van der Waals surface area contributed by atoms with Crippen molar-refractivity contribution in [1.82, 2.24) is 7.08 Å². The first-order valence-electron chi connectivity index (χ1n) is 3.62. The molecular formula is C6H16N2Sn. The molecule has 3 heteroatoms. The van der Waals surface area contributed by atoms with Crippen molar-refractivity contribution in [1.29, 1.82) is 0 Å². The summed E-state index contributed by atoms with van der Waals surface area (Å²) in [5.74, 6) is 0. The van der Waals surface area contributed by atoms with E-state index in [9.17, 15) is 0 Å². The maximum absolute atomic E-state index is 3.43. The second-order valence-corrected chi connectivity index (χ2v) is 4.71. The fourth-order valence-electron chi connectivity index (χ4n) is 0.437. The van der Waals surface area contributed by atoms with E-state index in [2.05, 4.69) is 20.9 Å². The summed E-state index contributed by atoms with van der Waals surface area (Å²) in [6, 6.07) is 0. The van der Waals surface area contributed by atoms with Crippen molar-refractivity contribution in [2.24, 2.45) is 0 Å². The van der Waals surface area contributed by atoms with Crippen molar-refractivity contribution in [2.75, 3.05) is 13.1 Å². The van der Waals surface area contributed by atoms with Gasteiger partial charge in [-0.1, -0.05) is 0 Å². The van der Waals surface area contributed by atoms with Crippen molar-refractivity contribution < 1.29 is 0 Å². The summed E-state index contributed by atoms with van der Waals surface area (Å²) in [6.07, 6.45) is 2.52. The van der Waals surface area contributed by atoms with E-state index in [4.69, 9.17) is 0 Å². The molecule has 0 aromatic carbocycles. The summed E-state index contributed by atoms with van der Waals surface area (Å²) >= 11 is -0.351.